The molecule has 1 aromatic carbocycles. The van der Waals surface area contributed by atoms with Crippen molar-refractivity contribution >= 4 is 33.1 Å². The van der Waals surface area contributed by atoms with Crippen LogP contribution in [0.15, 0.2) is 30.3 Å². The van der Waals surface area contributed by atoms with Gasteiger partial charge in [0.1, 0.15) is 30.3 Å². The summed E-state index contributed by atoms with van der Waals surface area (Å²) in [5.41, 5.74) is 2.64. The minimum atomic E-state index is 0.836. The van der Waals surface area contributed by atoms with Gasteiger partial charge in [0.15, 0.2) is 5.82 Å². The lowest BCUT2D eigenvalue weighted by Crippen LogP contribution is -3.12. The highest BCUT2D eigenvalue weighted by Crippen LogP contribution is 2.35. The number of quaternary nitrogens is 1. The first-order chi connectivity index (χ1) is 14.7. The number of benzene rings is 1. The standard InChI is InChI=1S/C23H29N5OS/c1-17-18(2)30-23-21(17)22(24-20(25-23)16-26-12-14-29-15-13-26)28-10-8-27(9-11-28)19-6-4-3-5-7-19/h3-7H,8-16H2,1-2H3/p+1. The molecule has 0 unspecified atom stereocenters. The Kier molecular flexibility index (Phi) is 5.58. The van der Waals surface area contributed by atoms with Crippen LogP contribution >= 0.6 is 11.3 Å². The van der Waals surface area contributed by atoms with E-state index in [-0.39, 0.29) is 0 Å². The third-order valence-corrected chi connectivity index (χ3v) is 7.47. The average Bonchev–Trinajstić information content (AvgIpc) is 3.08. The molecule has 0 atom stereocenters. The quantitative estimate of drug-likeness (QED) is 0.695. The molecule has 5 rings (SSSR count). The molecule has 2 aliphatic heterocycles. The predicted molar refractivity (Wildman–Crippen MR) is 123 cm³/mol. The molecule has 0 radical (unpaired) electrons. The zero-order valence-electron chi connectivity index (χ0n) is 17.9. The van der Waals surface area contributed by atoms with Crippen LogP contribution in [0.4, 0.5) is 11.5 Å². The van der Waals surface area contributed by atoms with Gasteiger partial charge in [0, 0.05) is 36.7 Å². The van der Waals surface area contributed by atoms with Gasteiger partial charge in [-0.1, -0.05) is 18.2 Å². The Morgan fingerprint density at radius 1 is 0.967 bits per heavy atom. The smallest absolute Gasteiger partial charge is 0.187 e. The minimum absolute atomic E-state index is 0.836. The lowest BCUT2D eigenvalue weighted by Gasteiger charge is -2.37. The van der Waals surface area contributed by atoms with Gasteiger partial charge >= 0.3 is 0 Å². The molecule has 6 nitrogen and oxygen atoms in total. The first-order valence-electron chi connectivity index (χ1n) is 10.9. The number of nitrogens with one attached hydrogen (secondary N) is 1. The highest BCUT2D eigenvalue weighted by molar-refractivity contribution is 7.18. The zero-order valence-corrected chi connectivity index (χ0v) is 18.7. The number of fused-ring (bicyclic) bond motifs is 1. The molecule has 7 heteroatoms. The third-order valence-electron chi connectivity index (χ3n) is 6.36. The van der Waals surface area contributed by atoms with Crippen LogP contribution in [0, 0.1) is 13.8 Å². The van der Waals surface area contributed by atoms with Crippen LogP contribution in [0.5, 0.6) is 0 Å². The summed E-state index contributed by atoms with van der Waals surface area (Å²) in [6, 6.07) is 10.7. The number of para-hydroxylation sites is 1. The summed E-state index contributed by atoms with van der Waals surface area (Å²) < 4.78 is 5.52. The number of morpholine rings is 1. The molecule has 0 aliphatic carbocycles. The van der Waals surface area contributed by atoms with Gasteiger partial charge in [-0.05, 0) is 31.5 Å². The Morgan fingerprint density at radius 3 is 2.40 bits per heavy atom. The van der Waals surface area contributed by atoms with Crippen molar-refractivity contribution in [1.82, 2.24) is 9.97 Å². The lowest BCUT2D eigenvalue weighted by atomic mass is 10.2. The van der Waals surface area contributed by atoms with Gasteiger partial charge in [-0.2, -0.15) is 0 Å². The Bertz CT molecular complexity index is 1010. The van der Waals surface area contributed by atoms with Crippen molar-refractivity contribution in [2.45, 2.75) is 20.4 Å². The van der Waals surface area contributed by atoms with E-state index in [2.05, 4.69) is 54.0 Å². The SMILES string of the molecule is Cc1sc2nc(C[NH+]3CCOCC3)nc(N3CCN(c4ccccc4)CC3)c2c1C. The van der Waals surface area contributed by atoms with Crippen molar-refractivity contribution in [3.63, 3.8) is 0 Å². The monoisotopic (exact) mass is 424 g/mol. The largest absolute Gasteiger partial charge is 0.370 e. The van der Waals surface area contributed by atoms with Gasteiger partial charge < -0.3 is 19.4 Å². The number of thiophene rings is 1. The predicted octanol–water partition coefficient (Wildman–Crippen LogP) is 2.05. The highest BCUT2D eigenvalue weighted by Gasteiger charge is 2.25. The Labute approximate surface area is 182 Å². The van der Waals surface area contributed by atoms with Gasteiger partial charge in [-0.3, -0.25) is 0 Å². The van der Waals surface area contributed by atoms with Crippen LogP contribution < -0.4 is 14.7 Å². The normalized spacial score (nSPS) is 18.3. The van der Waals surface area contributed by atoms with Crippen molar-refractivity contribution in [2.24, 2.45) is 0 Å². The van der Waals surface area contributed by atoms with Gasteiger partial charge in [-0.25, -0.2) is 9.97 Å². The van der Waals surface area contributed by atoms with Gasteiger partial charge in [-0.15, -0.1) is 11.3 Å². The lowest BCUT2D eigenvalue weighted by molar-refractivity contribution is -0.922. The molecule has 0 amide bonds. The number of rotatable bonds is 4. The fourth-order valence-electron chi connectivity index (χ4n) is 4.46. The first-order valence-corrected chi connectivity index (χ1v) is 11.7. The fourth-order valence-corrected chi connectivity index (χ4v) is 5.50. The van der Waals surface area contributed by atoms with Crippen LogP contribution in [0.2, 0.25) is 0 Å². The van der Waals surface area contributed by atoms with Crippen molar-refractivity contribution in [3.8, 4) is 0 Å². The molecular formula is C23H30N5OS+. The van der Waals surface area contributed by atoms with Gasteiger partial charge in [0.2, 0.25) is 0 Å². The summed E-state index contributed by atoms with van der Waals surface area (Å²) in [7, 11) is 0. The summed E-state index contributed by atoms with van der Waals surface area (Å²) in [6.45, 7) is 13.0. The molecule has 0 bridgehead atoms. The molecule has 158 valence electrons. The van der Waals surface area contributed by atoms with E-state index in [0.29, 0.717) is 0 Å². The highest BCUT2D eigenvalue weighted by atomic mass is 32.1. The van der Waals surface area contributed by atoms with Crippen LogP contribution in [-0.2, 0) is 11.3 Å². The van der Waals surface area contributed by atoms with Crippen LogP contribution in [-0.4, -0.2) is 62.5 Å². The Balaban J connectivity index is 1.42. The molecule has 3 aromatic rings. The van der Waals surface area contributed by atoms with Gasteiger partial charge in [0.25, 0.3) is 0 Å². The van der Waals surface area contributed by atoms with Crippen LogP contribution in [0.1, 0.15) is 16.3 Å². The van der Waals surface area contributed by atoms with Crippen LogP contribution in [0.25, 0.3) is 10.2 Å². The number of ether oxygens (including phenoxy) is 1. The number of piperazine rings is 1. The van der Waals surface area contributed by atoms with E-state index in [9.17, 15) is 0 Å². The Hall–Kier alpha value is -2.22. The van der Waals surface area contributed by atoms with Crippen molar-refractivity contribution in [3.05, 3.63) is 46.6 Å². The van der Waals surface area contributed by atoms with E-state index in [1.54, 1.807) is 0 Å². The molecule has 0 saturated carbocycles. The minimum Gasteiger partial charge on any atom is -0.370 e. The topological polar surface area (TPSA) is 45.9 Å². The summed E-state index contributed by atoms with van der Waals surface area (Å²) in [6.07, 6.45) is 0. The summed E-state index contributed by atoms with van der Waals surface area (Å²) >= 11 is 1.81. The number of anilines is 2. The van der Waals surface area contributed by atoms with E-state index in [1.165, 1.54) is 26.4 Å². The number of hydrogen-bond acceptors (Lipinski definition) is 6. The second-order valence-corrected chi connectivity index (χ2v) is 9.48. The first kappa shape index (κ1) is 19.7. The number of aromatic nitrogens is 2. The Morgan fingerprint density at radius 2 is 1.67 bits per heavy atom. The average molecular weight is 425 g/mol. The summed E-state index contributed by atoms with van der Waals surface area (Å²) in [5.74, 6) is 2.11. The molecule has 1 N–H and O–H groups in total. The maximum atomic E-state index is 5.52. The number of nitrogens with zero attached hydrogens (tertiary/aromatic N) is 4. The molecule has 30 heavy (non-hydrogen) atoms. The number of aryl methyl sites for hydroxylation is 2. The van der Waals surface area contributed by atoms with E-state index in [0.717, 1.165) is 75.5 Å². The molecule has 2 aromatic heterocycles. The van der Waals surface area contributed by atoms with Crippen molar-refractivity contribution in [2.75, 3.05) is 62.3 Å². The van der Waals surface area contributed by atoms with Crippen molar-refractivity contribution < 1.29 is 9.64 Å². The van der Waals surface area contributed by atoms with Crippen LogP contribution in [0.3, 0.4) is 0 Å². The van der Waals surface area contributed by atoms with Gasteiger partial charge in [0.05, 0.1) is 18.6 Å². The van der Waals surface area contributed by atoms with E-state index in [1.807, 2.05) is 11.3 Å². The van der Waals surface area contributed by atoms with Crippen molar-refractivity contribution in [1.29, 1.82) is 0 Å². The van der Waals surface area contributed by atoms with E-state index < -0.39 is 0 Å². The molecule has 4 heterocycles. The second kappa shape index (κ2) is 8.49. The summed E-state index contributed by atoms with van der Waals surface area (Å²) in [5, 5.41) is 1.26. The second-order valence-electron chi connectivity index (χ2n) is 8.28. The molecule has 2 aliphatic rings. The number of hydrogen-bond donors (Lipinski definition) is 1. The van der Waals surface area contributed by atoms with E-state index in [4.69, 9.17) is 14.7 Å². The van der Waals surface area contributed by atoms with E-state index >= 15 is 0 Å². The summed E-state index contributed by atoms with van der Waals surface area (Å²) in [4.78, 5) is 19.1. The maximum absolute atomic E-state index is 5.52. The molecule has 2 saturated heterocycles. The third kappa shape index (κ3) is 3.89. The molecule has 0 spiro atoms. The zero-order chi connectivity index (χ0) is 20.5. The fraction of sp³-hybridized carbons (Fsp3) is 0.478. The maximum Gasteiger partial charge on any atom is 0.187 e. The molecule has 2 fully saturated rings. The molecular weight excluding hydrogens is 394 g/mol.